The SMILES string of the molecule is C=CCNCc1ccc(Cl)nc1. The number of halogens is 1. The maximum absolute atomic E-state index is 5.63. The Morgan fingerprint density at radius 3 is 3.00 bits per heavy atom. The molecule has 1 N–H and O–H groups in total. The minimum absolute atomic E-state index is 0.530. The van der Waals surface area contributed by atoms with Crippen LogP contribution in [0.3, 0.4) is 0 Å². The third-order valence-electron chi connectivity index (χ3n) is 1.41. The second-order valence-electron chi connectivity index (χ2n) is 2.41. The van der Waals surface area contributed by atoms with E-state index in [0.717, 1.165) is 18.7 Å². The Balaban J connectivity index is 2.42. The zero-order valence-corrected chi connectivity index (χ0v) is 7.51. The van der Waals surface area contributed by atoms with E-state index in [4.69, 9.17) is 11.6 Å². The van der Waals surface area contributed by atoms with Crippen molar-refractivity contribution >= 4 is 11.6 Å². The zero-order valence-electron chi connectivity index (χ0n) is 6.76. The Hall–Kier alpha value is -0.860. The number of nitrogens with one attached hydrogen (secondary N) is 1. The van der Waals surface area contributed by atoms with Crippen molar-refractivity contribution in [3.8, 4) is 0 Å². The molecule has 0 spiro atoms. The van der Waals surface area contributed by atoms with Crippen LogP contribution in [0.2, 0.25) is 5.15 Å². The van der Waals surface area contributed by atoms with E-state index in [2.05, 4.69) is 16.9 Å². The lowest BCUT2D eigenvalue weighted by Crippen LogP contribution is -2.12. The molecule has 64 valence electrons. The summed E-state index contributed by atoms with van der Waals surface area (Å²) in [7, 11) is 0. The normalized spacial score (nSPS) is 9.75. The lowest BCUT2D eigenvalue weighted by molar-refractivity contribution is 0.757. The van der Waals surface area contributed by atoms with E-state index in [1.807, 2.05) is 12.1 Å². The minimum atomic E-state index is 0.530. The van der Waals surface area contributed by atoms with Gasteiger partial charge >= 0.3 is 0 Å². The highest BCUT2D eigenvalue weighted by Crippen LogP contribution is 2.04. The summed E-state index contributed by atoms with van der Waals surface area (Å²) in [5.74, 6) is 0. The van der Waals surface area contributed by atoms with Crippen LogP contribution in [-0.4, -0.2) is 11.5 Å². The van der Waals surface area contributed by atoms with Gasteiger partial charge in [0.2, 0.25) is 0 Å². The van der Waals surface area contributed by atoms with Gasteiger partial charge in [-0.3, -0.25) is 0 Å². The van der Waals surface area contributed by atoms with Crippen molar-refractivity contribution < 1.29 is 0 Å². The Bertz CT molecular complexity index is 243. The average Bonchev–Trinajstić information content (AvgIpc) is 2.09. The maximum atomic E-state index is 5.63. The summed E-state index contributed by atoms with van der Waals surface area (Å²) < 4.78 is 0. The van der Waals surface area contributed by atoms with Crippen molar-refractivity contribution in [1.29, 1.82) is 0 Å². The molecule has 0 fully saturated rings. The lowest BCUT2D eigenvalue weighted by atomic mass is 10.3. The Labute approximate surface area is 77.3 Å². The van der Waals surface area contributed by atoms with Crippen molar-refractivity contribution in [2.45, 2.75) is 6.54 Å². The third-order valence-corrected chi connectivity index (χ3v) is 1.63. The van der Waals surface area contributed by atoms with E-state index >= 15 is 0 Å². The van der Waals surface area contributed by atoms with Crippen LogP contribution in [0.15, 0.2) is 31.0 Å². The number of hydrogen-bond donors (Lipinski definition) is 1. The minimum Gasteiger partial charge on any atom is -0.309 e. The molecule has 0 bridgehead atoms. The molecule has 1 aromatic rings. The second-order valence-corrected chi connectivity index (χ2v) is 2.80. The zero-order chi connectivity index (χ0) is 8.81. The summed E-state index contributed by atoms with van der Waals surface area (Å²) in [6.07, 6.45) is 3.59. The van der Waals surface area contributed by atoms with Gasteiger partial charge < -0.3 is 5.32 Å². The maximum Gasteiger partial charge on any atom is 0.129 e. The molecule has 0 unspecified atom stereocenters. The summed E-state index contributed by atoms with van der Waals surface area (Å²) in [5, 5.41) is 3.70. The number of rotatable bonds is 4. The predicted molar refractivity (Wildman–Crippen MR) is 51.2 cm³/mol. The molecule has 2 nitrogen and oxygen atoms in total. The van der Waals surface area contributed by atoms with Gasteiger partial charge in [0.15, 0.2) is 0 Å². The highest BCUT2D eigenvalue weighted by Gasteiger charge is 1.91. The van der Waals surface area contributed by atoms with E-state index in [9.17, 15) is 0 Å². The molecule has 1 heterocycles. The fourth-order valence-corrected chi connectivity index (χ4v) is 0.941. The van der Waals surface area contributed by atoms with Crippen molar-refractivity contribution in [1.82, 2.24) is 10.3 Å². The molecule has 0 atom stereocenters. The van der Waals surface area contributed by atoms with E-state index < -0.39 is 0 Å². The molecule has 3 heteroatoms. The smallest absolute Gasteiger partial charge is 0.129 e. The van der Waals surface area contributed by atoms with Gasteiger partial charge in [-0.2, -0.15) is 0 Å². The first-order valence-corrected chi connectivity index (χ1v) is 4.13. The van der Waals surface area contributed by atoms with Gasteiger partial charge in [0.25, 0.3) is 0 Å². The monoisotopic (exact) mass is 182 g/mol. The fourth-order valence-electron chi connectivity index (χ4n) is 0.830. The first-order chi connectivity index (χ1) is 5.83. The van der Waals surface area contributed by atoms with Crippen LogP contribution in [0.1, 0.15) is 5.56 Å². The number of aromatic nitrogens is 1. The van der Waals surface area contributed by atoms with Crippen LogP contribution in [0, 0.1) is 0 Å². The van der Waals surface area contributed by atoms with E-state index in [0.29, 0.717) is 5.15 Å². The predicted octanol–water partition coefficient (Wildman–Crippen LogP) is 2.01. The van der Waals surface area contributed by atoms with Crippen LogP contribution >= 0.6 is 11.6 Å². The molecular weight excluding hydrogens is 172 g/mol. The van der Waals surface area contributed by atoms with Crippen LogP contribution in [0.4, 0.5) is 0 Å². The molecule has 0 aromatic carbocycles. The summed E-state index contributed by atoms with van der Waals surface area (Å²) in [6.45, 7) is 5.22. The summed E-state index contributed by atoms with van der Waals surface area (Å²) in [6, 6.07) is 3.73. The van der Waals surface area contributed by atoms with E-state index in [1.165, 1.54) is 0 Å². The summed E-state index contributed by atoms with van der Waals surface area (Å²) in [5.41, 5.74) is 1.13. The van der Waals surface area contributed by atoms with Gasteiger partial charge in [0, 0.05) is 19.3 Å². The largest absolute Gasteiger partial charge is 0.309 e. The van der Waals surface area contributed by atoms with Crippen molar-refractivity contribution in [3.63, 3.8) is 0 Å². The summed E-state index contributed by atoms with van der Waals surface area (Å²) in [4.78, 5) is 3.96. The molecule has 0 radical (unpaired) electrons. The van der Waals surface area contributed by atoms with Crippen molar-refractivity contribution in [2.24, 2.45) is 0 Å². The molecule has 0 saturated heterocycles. The Morgan fingerprint density at radius 1 is 1.58 bits per heavy atom. The van der Waals surface area contributed by atoms with Crippen LogP contribution < -0.4 is 5.32 Å². The molecule has 0 aliphatic rings. The van der Waals surface area contributed by atoms with E-state index in [-0.39, 0.29) is 0 Å². The van der Waals surface area contributed by atoms with E-state index in [1.54, 1.807) is 12.3 Å². The third kappa shape index (κ3) is 3.03. The standard InChI is InChI=1S/C9H11ClN2/c1-2-5-11-6-8-3-4-9(10)12-7-8/h2-4,7,11H,1,5-6H2. The molecule has 1 aromatic heterocycles. The second kappa shape index (κ2) is 4.91. The molecular formula is C9H11ClN2. The fraction of sp³-hybridized carbons (Fsp3) is 0.222. The van der Waals surface area contributed by atoms with Gasteiger partial charge in [-0.15, -0.1) is 6.58 Å². The topological polar surface area (TPSA) is 24.9 Å². The highest BCUT2D eigenvalue weighted by molar-refractivity contribution is 6.29. The molecule has 0 amide bonds. The molecule has 0 aliphatic heterocycles. The van der Waals surface area contributed by atoms with Crippen LogP contribution in [-0.2, 0) is 6.54 Å². The summed E-state index contributed by atoms with van der Waals surface area (Å²) >= 11 is 5.63. The van der Waals surface area contributed by atoms with Gasteiger partial charge in [0.05, 0.1) is 0 Å². The van der Waals surface area contributed by atoms with Gasteiger partial charge in [-0.1, -0.05) is 23.7 Å². The first-order valence-electron chi connectivity index (χ1n) is 3.75. The average molecular weight is 183 g/mol. The van der Waals surface area contributed by atoms with Crippen LogP contribution in [0.25, 0.3) is 0 Å². The van der Waals surface area contributed by atoms with Gasteiger partial charge in [0.1, 0.15) is 5.15 Å². The number of nitrogens with zero attached hydrogens (tertiary/aromatic N) is 1. The van der Waals surface area contributed by atoms with Gasteiger partial charge in [-0.25, -0.2) is 4.98 Å². The van der Waals surface area contributed by atoms with Crippen LogP contribution in [0.5, 0.6) is 0 Å². The quantitative estimate of drug-likeness (QED) is 0.438. The molecule has 1 rings (SSSR count). The molecule has 0 saturated carbocycles. The highest BCUT2D eigenvalue weighted by atomic mass is 35.5. The first kappa shape index (κ1) is 9.23. The number of pyridine rings is 1. The van der Waals surface area contributed by atoms with Gasteiger partial charge in [-0.05, 0) is 11.6 Å². The molecule has 12 heavy (non-hydrogen) atoms. The Kier molecular flexibility index (Phi) is 3.77. The van der Waals surface area contributed by atoms with Crippen molar-refractivity contribution in [2.75, 3.05) is 6.54 Å². The Morgan fingerprint density at radius 2 is 2.42 bits per heavy atom. The number of hydrogen-bond acceptors (Lipinski definition) is 2. The lowest BCUT2D eigenvalue weighted by Gasteiger charge is -2.00. The van der Waals surface area contributed by atoms with Crippen molar-refractivity contribution in [3.05, 3.63) is 41.7 Å². The molecule has 0 aliphatic carbocycles.